The zero-order valence-electron chi connectivity index (χ0n) is 28.6. The van der Waals surface area contributed by atoms with Crippen LogP contribution in [0.5, 0.6) is 0 Å². The van der Waals surface area contributed by atoms with Crippen LogP contribution in [-0.2, 0) is 25.5 Å². The van der Waals surface area contributed by atoms with Gasteiger partial charge in [-0.05, 0) is 35.4 Å². The summed E-state index contributed by atoms with van der Waals surface area (Å²) in [5.41, 5.74) is 8.65. The molecule has 0 spiro atoms. The van der Waals surface area contributed by atoms with E-state index in [0.29, 0.717) is 0 Å². The third kappa shape index (κ3) is 6.79. The van der Waals surface area contributed by atoms with Gasteiger partial charge in [0.1, 0.15) is 5.58 Å². The zero-order chi connectivity index (χ0) is 33.5. The summed E-state index contributed by atoms with van der Waals surface area (Å²) in [6.45, 7) is 13.7. The molecule has 7 heteroatoms. The van der Waals surface area contributed by atoms with Crippen molar-refractivity contribution in [3.63, 3.8) is 0 Å². The number of benzene rings is 4. The van der Waals surface area contributed by atoms with Crippen molar-refractivity contribution in [2.75, 3.05) is 0 Å². The summed E-state index contributed by atoms with van der Waals surface area (Å²) in [6.07, 6.45) is 5.61. The first-order valence-electron chi connectivity index (χ1n) is 16.3. The van der Waals surface area contributed by atoms with Crippen LogP contribution in [0.15, 0.2) is 126 Å². The van der Waals surface area contributed by atoms with Crippen LogP contribution in [0.2, 0.25) is 19.6 Å². The smallest absolute Gasteiger partial charge is 0.120 e. The molecule has 0 saturated heterocycles. The summed E-state index contributed by atoms with van der Waals surface area (Å²) >= 11 is 0. The Morgan fingerprint density at radius 2 is 1.55 bits per heavy atom. The van der Waals surface area contributed by atoms with Crippen molar-refractivity contribution < 1.29 is 24.5 Å². The molecule has 0 aliphatic rings. The number of fused-ring (bicyclic) bond motifs is 4. The first kappa shape index (κ1) is 34.2. The van der Waals surface area contributed by atoms with Gasteiger partial charge in [-0.2, -0.15) is 0 Å². The molecule has 0 aliphatic carbocycles. The number of hydrogen-bond acceptors (Lipinski definition) is 4. The Labute approximate surface area is 302 Å². The van der Waals surface area contributed by atoms with Crippen molar-refractivity contribution in [1.29, 1.82) is 0 Å². The minimum Gasteiger partial charge on any atom is -0.501 e. The second-order valence-electron chi connectivity index (χ2n) is 14.1. The monoisotopic (exact) mass is 835 g/mol. The minimum absolute atomic E-state index is 0. The van der Waals surface area contributed by atoms with E-state index in [9.17, 15) is 0 Å². The van der Waals surface area contributed by atoms with E-state index in [1.54, 1.807) is 6.20 Å². The Morgan fingerprint density at radius 1 is 0.776 bits per heavy atom. The van der Waals surface area contributed by atoms with E-state index in [0.717, 1.165) is 66.9 Å². The number of rotatable bonds is 4. The Kier molecular flexibility index (Phi) is 9.54. The summed E-state index contributed by atoms with van der Waals surface area (Å²) in [4.78, 5) is 13.9. The van der Waals surface area contributed by atoms with Crippen LogP contribution in [-0.4, -0.2) is 27.6 Å². The molecule has 1 radical (unpaired) electrons. The fourth-order valence-electron chi connectivity index (χ4n) is 6.02. The number of pyridine rings is 2. The SMILES string of the molecule is CC(C)(C)c1cncc2nc(-c3[c-]ccc4c3oc3cc([Si](C)(C)C)ccc34)n(-c3ccccc3)c12.[Ir].[c-]1ccccc1-c1ccccn1. The molecule has 0 atom stereocenters. The Balaban J connectivity index is 0.000000270. The second-order valence-corrected chi connectivity index (χ2v) is 19.1. The molecule has 0 fully saturated rings. The molecule has 0 N–H and O–H groups in total. The van der Waals surface area contributed by atoms with Gasteiger partial charge in [0.25, 0.3) is 0 Å². The number of imidazole rings is 1. The van der Waals surface area contributed by atoms with Crippen molar-refractivity contribution in [2.45, 2.75) is 45.8 Å². The number of hydrogen-bond donors (Lipinski definition) is 0. The standard InChI is InChI=1S/C31H30N3OSi.C11H8N.Ir/c1-31(2,3)25-18-32-19-26-28(25)34(20-11-8-7-9-12-20)30(33-26)24-14-10-13-23-22-16-15-21(36(4,5)6)17-27(22)35-29(23)24;1-2-6-10(7-3-1)11-8-4-5-9-12-11;/h7-13,15-19H,1-6H3;1-6,8-9H;/q2*-1;. The van der Waals surface area contributed by atoms with E-state index in [1.807, 2.05) is 67.0 Å². The minimum atomic E-state index is -1.47. The molecule has 8 rings (SSSR count). The maximum absolute atomic E-state index is 6.58. The summed E-state index contributed by atoms with van der Waals surface area (Å²) in [5, 5.41) is 3.60. The van der Waals surface area contributed by atoms with Crippen molar-refractivity contribution in [1.82, 2.24) is 19.5 Å². The molecule has 49 heavy (non-hydrogen) atoms. The van der Waals surface area contributed by atoms with Crippen LogP contribution in [0.25, 0.3) is 61.3 Å². The van der Waals surface area contributed by atoms with Crippen LogP contribution in [0, 0.1) is 12.1 Å². The fraction of sp³-hybridized carbons (Fsp3) is 0.167. The van der Waals surface area contributed by atoms with Gasteiger partial charge in [0.15, 0.2) is 0 Å². The molecule has 8 aromatic rings. The van der Waals surface area contributed by atoms with Crippen molar-refractivity contribution in [3.05, 3.63) is 139 Å². The van der Waals surface area contributed by atoms with Crippen molar-refractivity contribution in [3.8, 4) is 28.3 Å². The van der Waals surface area contributed by atoms with E-state index in [4.69, 9.17) is 9.40 Å². The molecule has 0 saturated carbocycles. The van der Waals surface area contributed by atoms with Crippen LogP contribution in [0.4, 0.5) is 0 Å². The number of para-hydroxylation sites is 1. The van der Waals surface area contributed by atoms with Crippen LogP contribution in [0.1, 0.15) is 26.3 Å². The first-order chi connectivity index (χ1) is 23.1. The van der Waals surface area contributed by atoms with Gasteiger partial charge >= 0.3 is 0 Å². The first-order valence-corrected chi connectivity index (χ1v) is 19.8. The predicted octanol–water partition coefficient (Wildman–Crippen LogP) is 10.2. The van der Waals surface area contributed by atoms with Gasteiger partial charge in [0, 0.05) is 49.1 Å². The third-order valence-electron chi connectivity index (χ3n) is 8.56. The van der Waals surface area contributed by atoms with Gasteiger partial charge in [0.05, 0.1) is 36.7 Å². The number of furan rings is 1. The van der Waals surface area contributed by atoms with Gasteiger partial charge < -0.3 is 14.0 Å². The Bertz CT molecular complexity index is 2320. The topological polar surface area (TPSA) is 56.7 Å². The summed E-state index contributed by atoms with van der Waals surface area (Å²) in [5.74, 6) is 0.810. The molecule has 0 bridgehead atoms. The molecule has 5 nitrogen and oxygen atoms in total. The van der Waals surface area contributed by atoms with Gasteiger partial charge in [-0.3, -0.25) is 9.97 Å². The van der Waals surface area contributed by atoms with Crippen LogP contribution < -0.4 is 5.19 Å². The molecule has 247 valence electrons. The summed E-state index contributed by atoms with van der Waals surface area (Å²) in [7, 11) is -1.47. The quantitative estimate of drug-likeness (QED) is 0.131. The molecule has 4 aromatic heterocycles. The van der Waals surface area contributed by atoms with Gasteiger partial charge in [-0.1, -0.05) is 99.0 Å². The van der Waals surface area contributed by atoms with E-state index in [2.05, 4.69) is 116 Å². The average molecular weight is 835 g/mol. The maximum Gasteiger partial charge on any atom is 0.120 e. The van der Waals surface area contributed by atoms with Gasteiger partial charge in [-0.15, -0.1) is 54.1 Å². The van der Waals surface area contributed by atoms with Gasteiger partial charge in [0.2, 0.25) is 0 Å². The molecular formula is C42H38IrN4OSi-2. The fourth-order valence-corrected chi connectivity index (χ4v) is 7.17. The molecule has 0 amide bonds. The van der Waals surface area contributed by atoms with E-state index in [1.165, 1.54) is 5.19 Å². The summed E-state index contributed by atoms with van der Waals surface area (Å²) in [6, 6.07) is 41.5. The Hall–Kier alpha value is -4.68. The molecular weight excluding hydrogens is 797 g/mol. The third-order valence-corrected chi connectivity index (χ3v) is 10.6. The van der Waals surface area contributed by atoms with Crippen molar-refractivity contribution in [2.24, 2.45) is 0 Å². The van der Waals surface area contributed by atoms with E-state index < -0.39 is 8.07 Å². The summed E-state index contributed by atoms with van der Waals surface area (Å²) < 4.78 is 8.82. The van der Waals surface area contributed by atoms with Crippen LogP contribution in [0.3, 0.4) is 0 Å². The van der Waals surface area contributed by atoms with Crippen LogP contribution >= 0.6 is 0 Å². The van der Waals surface area contributed by atoms with Crippen molar-refractivity contribution >= 4 is 46.2 Å². The Morgan fingerprint density at radius 3 is 2.24 bits per heavy atom. The normalized spacial score (nSPS) is 11.7. The molecule has 4 aromatic carbocycles. The molecule has 0 unspecified atom stereocenters. The zero-order valence-corrected chi connectivity index (χ0v) is 32.0. The molecule has 4 heterocycles. The van der Waals surface area contributed by atoms with E-state index in [-0.39, 0.29) is 25.5 Å². The predicted molar refractivity (Wildman–Crippen MR) is 201 cm³/mol. The average Bonchev–Trinajstić information content (AvgIpc) is 3.67. The maximum atomic E-state index is 6.58. The largest absolute Gasteiger partial charge is 0.501 e. The number of aromatic nitrogens is 4. The number of nitrogens with zero attached hydrogens (tertiary/aromatic N) is 4. The van der Waals surface area contributed by atoms with Gasteiger partial charge in [-0.25, -0.2) is 0 Å². The van der Waals surface area contributed by atoms with E-state index >= 15 is 0 Å². The second kappa shape index (κ2) is 13.7. The molecule has 0 aliphatic heterocycles.